The van der Waals surface area contributed by atoms with E-state index in [1.54, 1.807) is 0 Å². The van der Waals surface area contributed by atoms with Gasteiger partial charge in [-0.3, -0.25) is 14.4 Å². The average molecular weight is 1150 g/mol. The molecule has 0 saturated carbocycles. The lowest BCUT2D eigenvalue weighted by Crippen LogP contribution is -2.30. The Balaban J connectivity index is 4.40. The van der Waals surface area contributed by atoms with Gasteiger partial charge in [0.1, 0.15) is 13.2 Å². The molecule has 0 aliphatic carbocycles. The van der Waals surface area contributed by atoms with E-state index in [9.17, 15) is 14.4 Å². The molecule has 0 heterocycles. The second kappa shape index (κ2) is 69.8. The Morgan fingerprint density at radius 1 is 0.253 bits per heavy atom. The fourth-order valence-electron chi connectivity index (χ4n) is 9.24. The Hall–Kier alpha value is -4.71. The summed E-state index contributed by atoms with van der Waals surface area (Å²) in [5.74, 6) is -1.00. The highest BCUT2D eigenvalue weighted by Crippen LogP contribution is 2.16. The molecule has 0 amide bonds. The van der Waals surface area contributed by atoms with Crippen molar-refractivity contribution in [3.63, 3.8) is 0 Å². The SMILES string of the molecule is CC/C=C\C/C=C\C/C=C\C/C=C\C/C=C\CCCCCC(=O)OC(COC(=O)CCC/C=C\C/C=C\C/C=C\C/C=C\C/C=C\CC)COC(=O)CCCCCCCCCCCCCCCCCCC/C=C\C/C=C\CCCCCCC. The molecule has 0 aliphatic rings. The van der Waals surface area contributed by atoms with Crippen molar-refractivity contribution in [2.24, 2.45) is 0 Å². The van der Waals surface area contributed by atoms with Gasteiger partial charge in [0.25, 0.3) is 0 Å². The molecule has 1 atom stereocenters. The molecular formula is C77H126O6. The normalized spacial score (nSPS) is 13.0. The van der Waals surface area contributed by atoms with Crippen LogP contribution in [0.1, 0.15) is 303 Å². The first kappa shape index (κ1) is 78.3. The lowest BCUT2D eigenvalue weighted by atomic mass is 10.0. The van der Waals surface area contributed by atoms with Crippen LogP contribution < -0.4 is 0 Å². The Bertz CT molecular complexity index is 1800. The van der Waals surface area contributed by atoms with Crippen LogP contribution in [0.4, 0.5) is 0 Å². The molecule has 0 spiro atoms. The molecule has 1 unspecified atom stereocenters. The maximum absolute atomic E-state index is 12.9. The zero-order valence-electron chi connectivity index (χ0n) is 53.9. The van der Waals surface area contributed by atoms with E-state index in [4.69, 9.17) is 14.2 Å². The second-order valence-electron chi connectivity index (χ2n) is 22.3. The standard InChI is InChI=1S/C77H126O6/c1-4-7-10-13-16-19-22-25-28-31-33-34-35-36-37-38-39-40-41-42-44-46-49-52-55-58-61-64-67-70-76(79)82-73-74(72-81-75(78)69-66-63-60-57-54-51-48-45-30-27-24-21-18-15-12-9-6-3)83-77(80)71-68-65-62-59-56-53-50-47-43-32-29-26-23-20-17-14-11-8-5-2/h8-9,11-12,17-18,20-22,25-27,29-31,33,43,47-48,51,53,56-57,60,74H,4-7,10,13-16,19,23-24,28,32,34-42,44-46,49-50,52,54-55,58-59,61-73H2,1-3H3/b11-8-,12-9-,20-17-,21-18-,25-22-,29-26-,30-27-,33-31-,47-43-,51-48-,56-53-,60-57-. The smallest absolute Gasteiger partial charge is 0.306 e. The summed E-state index contributed by atoms with van der Waals surface area (Å²) >= 11 is 0. The van der Waals surface area contributed by atoms with Gasteiger partial charge in [-0.25, -0.2) is 0 Å². The van der Waals surface area contributed by atoms with Gasteiger partial charge in [0.05, 0.1) is 0 Å². The van der Waals surface area contributed by atoms with E-state index in [1.807, 2.05) is 0 Å². The highest BCUT2D eigenvalue weighted by molar-refractivity contribution is 5.71. The van der Waals surface area contributed by atoms with Gasteiger partial charge in [0.2, 0.25) is 0 Å². The number of ether oxygens (including phenoxy) is 3. The monoisotopic (exact) mass is 1150 g/mol. The van der Waals surface area contributed by atoms with Crippen LogP contribution in [0.15, 0.2) is 146 Å². The van der Waals surface area contributed by atoms with Gasteiger partial charge in [-0.15, -0.1) is 0 Å². The zero-order valence-corrected chi connectivity index (χ0v) is 53.9. The predicted molar refractivity (Wildman–Crippen MR) is 362 cm³/mol. The van der Waals surface area contributed by atoms with Gasteiger partial charge >= 0.3 is 17.9 Å². The average Bonchev–Trinajstić information content (AvgIpc) is 3.49. The molecule has 6 heteroatoms. The first-order valence-corrected chi connectivity index (χ1v) is 34.3. The molecule has 0 saturated heterocycles. The molecule has 0 aromatic rings. The quantitative estimate of drug-likeness (QED) is 0.0261. The number of rotatable bonds is 61. The van der Waals surface area contributed by atoms with Crippen LogP contribution in [-0.4, -0.2) is 37.2 Å². The van der Waals surface area contributed by atoms with Crippen molar-refractivity contribution in [2.45, 2.75) is 309 Å². The van der Waals surface area contributed by atoms with Gasteiger partial charge in [0, 0.05) is 19.3 Å². The third-order valence-corrected chi connectivity index (χ3v) is 14.3. The molecule has 0 radical (unpaired) electrons. The highest BCUT2D eigenvalue weighted by atomic mass is 16.6. The van der Waals surface area contributed by atoms with Crippen molar-refractivity contribution in [2.75, 3.05) is 13.2 Å². The molecule has 0 aromatic carbocycles. The van der Waals surface area contributed by atoms with Crippen molar-refractivity contribution in [3.8, 4) is 0 Å². The third kappa shape index (κ3) is 68.0. The number of unbranched alkanes of at least 4 members (excludes halogenated alkanes) is 26. The summed E-state index contributed by atoms with van der Waals surface area (Å²) in [6.45, 7) is 6.34. The first-order chi connectivity index (χ1) is 41.0. The lowest BCUT2D eigenvalue weighted by molar-refractivity contribution is -0.167. The van der Waals surface area contributed by atoms with Crippen molar-refractivity contribution in [1.82, 2.24) is 0 Å². The van der Waals surface area contributed by atoms with Crippen molar-refractivity contribution in [3.05, 3.63) is 146 Å². The zero-order chi connectivity index (χ0) is 59.9. The third-order valence-electron chi connectivity index (χ3n) is 14.3. The minimum atomic E-state index is -0.826. The Kier molecular flexibility index (Phi) is 65.8. The van der Waals surface area contributed by atoms with Gasteiger partial charge in [-0.2, -0.15) is 0 Å². The van der Waals surface area contributed by atoms with E-state index in [0.717, 1.165) is 116 Å². The number of hydrogen-bond acceptors (Lipinski definition) is 6. The van der Waals surface area contributed by atoms with Crippen LogP contribution in [0.5, 0.6) is 0 Å². The van der Waals surface area contributed by atoms with Crippen LogP contribution in [-0.2, 0) is 28.6 Å². The van der Waals surface area contributed by atoms with Gasteiger partial charge in [-0.1, -0.05) is 295 Å². The van der Waals surface area contributed by atoms with Gasteiger partial charge in [-0.05, 0) is 135 Å². The fourth-order valence-corrected chi connectivity index (χ4v) is 9.24. The highest BCUT2D eigenvalue weighted by Gasteiger charge is 2.19. The van der Waals surface area contributed by atoms with Crippen LogP contribution in [0.2, 0.25) is 0 Å². The van der Waals surface area contributed by atoms with Crippen molar-refractivity contribution >= 4 is 17.9 Å². The lowest BCUT2D eigenvalue weighted by Gasteiger charge is -2.18. The largest absolute Gasteiger partial charge is 0.462 e. The van der Waals surface area contributed by atoms with E-state index in [1.165, 1.54) is 135 Å². The van der Waals surface area contributed by atoms with E-state index < -0.39 is 6.10 Å². The van der Waals surface area contributed by atoms with Crippen LogP contribution in [0.25, 0.3) is 0 Å². The maximum Gasteiger partial charge on any atom is 0.306 e. The molecule has 470 valence electrons. The number of carbonyl (C=O) groups excluding carboxylic acids is 3. The fraction of sp³-hybridized carbons (Fsp3) is 0.649. The van der Waals surface area contributed by atoms with E-state index in [-0.39, 0.29) is 44.0 Å². The van der Waals surface area contributed by atoms with Crippen molar-refractivity contribution < 1.29 is 28.6 Å². The Morgan fingerprint density at radius 3 is 0.795 bits per heavy atom. The maximum atomic E-state index is 12.9. The van der Waals surface area contributed by atoms with Crippen LogP contribution in [0.3, 0.4) is 0 Å². The summed E-state index contributed by atoms with van der Waals surface area (Å²) < 4.78 is 16.9. The predicted octanol–water partition coefficient (Wildman–Crippen LogP) is 23.9. The summed E-state index contributed by atoms with van der Waals surface area (Å²) in [6, 6.07) is 0. The summed E-state index contributed by atoms with van der Waals surface area (Å²) in [6.07, 6.45) is 100. The molecule has 0 aliphatic heterocycles. The summed E-state index contributed by atoms with van der Waals surface area (Å²) in [5, 5.41) is 0. The van der Waals surface area contributed by atoms with Crippen LogP contribution >= 0.6 is 0 Å². The number of hydrogen-bond donors (Lipinski definition) is 0. The van der Waals surface area contributed by atoms with E-state index >= 15 is 0 Å². The first-order valence-electron chi connectivity index (χ1n) is 34.3. The molecule has 0 aromatic heterocycles. The van der Waals surface area contributed by atoms with Crippen molar-refractivity contribution in [1.29, 1.82) is 0 Å². The molecule has 0 N–H and O–H groups in total. The van der Waals surface area contributed by atoms with E-state index in [2.05, 4.69) is 167 Å². The number of esters is 3. The Labute approximate surface area is 512 Å². The summed E-state index contributed by atoms with van der Waals surface area (Å²) in [7, 11) is 0. The minimum absolute atomic E-state index is 0.113. The molecule has 0 bridgehead atoms. The topological polar surface area (TPSA) is 78.9 Å². The van der Waals surface area contributed by atoms with Crippen LogP contribution in [0, 0.1) is 0 Å². The molecule has 83 heavy (non-hydrogen) atoms. The summed E-state index contributed by atoms with van der Waals surface area (Å²) in [5.41, 5.74) is 0. The molecule has 0 fully saturated rings. The van der Waals surface area contributed by atoms with Gasteiger partial charge in [0.15, 0.2) is 6.10 Å². The molecular weight excluding hydrogens is 1020 g/mol. The minimum Gasteiger partial charge on any atom is -0.462 e. The summed E-state index contributed by atoms with van der Waals surface area (Å²) in [4.78, 5) is 38.4. The van der Waals surface area contributed by atoms with Gasteiger partial charge < -0.3 is 14.2 Å². The van der Waals surface area contributed by atoms with E-state index in [0.29, 0.717) is 19.3 Å². The molecule has 6 nitrogen and oxygen atoms in total. The number of allylic oxidation sites excluding steroid dienone is 24. The molecule has 0 rings (SSSR count). The Morgan fingerprint density at radius 2 is 0.482 bits per heavy atom. The second-order valence-corrected chi connectivity index (χ2v) is 22.3. The number of carbonyl (C=O) groups is 3.